The van der Waals surface area contributed by atoms with Crippen LogP contribution in [0.1, 0.15) is 5.56 Å². The normalized spacial score (nSPS) is 11.0. The zero-order valence-corrected chi connectivity index (χ0v) is 15.5. The van der Waals surface area contributed by atoms with Crippen LogP contribution in [0.3, 0.4) is 0 Å². The van der Waals surface area contributed by atoms with E-state index in [1.807, 2.05) is 0 Å². The standard InChI is InChI=1S/C17H10ClF2N3O3S.H2O/c18-17-21-8-13(20)16(22-17)10-5-6-12(19)11(7-10)9-27(25,26)15-4-2-1-3-14(15)23-24;/h1-8H,9H2;1H2. The number of nitrogens with zero attached hydrogens (tertiary/aromatic N) is 2. The van der Waals surface area contributed by atoms with Crippen LogP contribution in [0.5, 0.6) is 0 Å². The average molecular weight is 428 g/mol. The molecule has 1 aromatic heterocycles. The molecule has 1 heterocycles. The summed E-state index contributed by atoms with van der Waals surface area (Å²) in [5, 5.41) is 1.34. The fourth-order valence-electron chi connectivity index (χ4n) is 2.49. The van der Waals surface area contributed by atoms with Gasteiger partial charge in [-0.1, -0.05) is 12.1 Å². The number of hydrogen-bond donors (Lipinski definition) is 1. The molecular weight excluding hydrogens is 416 g/mol. The van der Waals surface area contributed by atoms with Gasteiger partial charge in [-0.3, -0.25) is 0 Å². The van der Waals surface area contributed by atoms with Crippen LogP contribution >= 0.6 is 11.6 Å². The molecule has 0 atom stereocenters. The van der Waals surface area contributed by atoms with Crippen molar-refractivity contribution in [3.8, 4) is 11.3 Å². The smallest absolute Gasteiger partial charge is 0.271 e. The van der Waals surface area contributed by atoms with Crippen LogP contribution < -0.4 is 5.18 Å². The highest BCUT2D eigenvalue weighted by atomic mass is 35.5. The van der Waals surface area contributed by atoms with Gasteiger partial charge in [0.25, 0.3) is 5.69 Å². The molecule has 0 bridgehead atoms. The first-order chi connectivity index (χ1) is 12.8. The minimum atomic E-state index is -4.05. The zero-order chi connectivity index (χ0) is 19.6. The lowest BCUT2D eigenvalue weighted by Crippen LogP contribution is -2.56. The molecule has 0 unspecified atom stereocenters. The third kappa shape index (κ3) is 4.35. The summed E-state index contributed by atoms with van der Waals surface area (Å²) in [6, 6.07) is 8.89. The maximum absolute atomic E-state index is 14.2. The van der Waals surface area contributed by atoms with E-state index in [-0.39, 0.29) is 38.2 Å². The number of benzene rings is 2. The molecule has 2 aromatic carbocycles. The van der Waals surface area contributed by atoms with Gasteiger partial charge in [-0.2, -0.15) is 0 Å². The van der Waals surface area contributed by atoms with Crippen molar-refractivity contribution in [2.75, 3.05) is 0 Å². The van der Waals surface area contributed by atoms with E-state index in [4.69, 9.17) is 11.6 Å². The maximum atomic E-state index is 14.2. The van der Waals surface area contributed by atoms with Gasteiger partial charge in [0.15, 0.2) is 15.7 Å². The SMILES string of the molecule is O=[NH+]c1ccccc1S(=O)(=O)Cc1cc(-c2nc(Cl)ncc2F)ccc1F.[OH-]. The molecule has 0 aliphatic heterocycles. The number of para-hydroxylation sites is 1. The van der Waals surface area contributed by atoms with Crippen LogP contribution in [-0.2, 0) is 15.6 Å². The van der Waals surface area contributed by atoms with Crippen molar-refractivity contribution in [2.24, 2.45) is 0 Å². The molecule has 146 valence electrons. The molecule has 0 radical (unpaired) electrons. The number of aromatic nitrogens is 2. The van der Waals surface area contributed by atoms with Crippen molar-refractivity contribution in [1.82, 2.24) is 9.97 Å². The van der Waals surface area contributed by atoms with Crippen molar-refractivity contribution >= 4 is 27.1 Å². The van der Waals surface area contributed by atoms with Gasteiger partial charge in [-0.15, -0.1) is 0 Å². The Hall–Kier alpha value is -2.82. The van der Waals surface area contributed by atoms with Crippen molar-refractivity contribution in [3.63, 3.8) is 0 Å². The first kappa shape index (κ1) is 21.5. The largest absolute Gasteiger partial charge is 0.870 e. The molecule has 7 nitrogen and oxygen atoms in total. The van der Waals surface area contributed by atoms with E-state index in [2.05, 4.69) is 9.97 Å². The topological polar surface area (TPSA) is 121 Å². The molecule has 2 N–H and O–H groups in total. The van der Waals surface area contributed by atoms with Crippen LogP contribution in [0.4, 0.5) is 14.5 Å². The van der Waals surface area contributed by atoms with Gasteiger partial charge in [0.05, 0.1) is 11.9 Å². The Morgan fingerprint density at radius 3 is 2.50 bits per heavy atom. The van der Waals surface area contributed by atoms with Gasteiger partial charge in [-0.05, 0) is 35.9 Å². The summed E-state index contributed by atoms with van der Waals surface area (Å²) >= 11 is 5.66. The number of rotatable bonds is 5. The predicted octanol–water partition coefficient (Wildman–Crippen LogP) is 2.35. The molecule has 11 heteroatoms. The third-order valence-corrected chi connectivity index (χ3v) is 5.61. The van der Waals surface area contributed by atoms with Crippen LogP contribution in [0, 0.1) is 16.5 Å². The van der Waals surface area contributed by atoms with Crippen molar-refractivity contribution in [2.45, 2.75) is 10.6 Å². The van der Waals surface area contributed by atoms with Crippen LogP contribution in [-0.4, -0.2) is 23.9 Å². The van der Waals surface area contributed by atoms with E-state index in [0.29, 0.717) is 0 Å². The molecule has 0 saturated carbocycles. The maximum Gasteiger partial charge on any atom is 0.271 e. The van der Waals surface area contributed by atoms with E-state index in [1.165, 1.54) is 36.4 Å². The summed E-state index contributed by atoms with van der Waals surface area (Å²) in [4.78, 5) is 18.0. The number of nitrogens with one attached hydrogen (secondary N) is 1. The first-order valence-corrected chi connectivity index (χ1v) is 9.51. The van der Waals surface area contributed by atoms with Gasteiger partial charge < -0.3 is 5.48 Å². The summed E-state index contributed by atoms with van der Waals surface area (Å²) in [6.07, 6.45) is 0.862. The summed E-state index contributed by atoms with van der Waals surface area (Å²) in [5.41, 5.74) is -0.404. The second-order valence-electron chi connectivity index (χ2n) is 5.50. The van der Waals surface area contributed by atoms with Crippen LogP contribution in [0.15, 0.2) is 53.6 Å². The van der Waals surface area contributed by atoms with E-state index in [1.54, 1.807) is 5.18 Å². The highest BCUT2D eigenvalue weighted by Crippen LogP contribution is 2.27. The molecule has 3 rings (SSSR count). The average Bonchev–Trinajstić information content (AvgIpc) is 2.65. The second-order valence-corrected chi connectivity index (χ2v) is 7.80. The number of hydrogen-bond acceptors (Lipinski definition) is 6. The molecule has 28 heavy (non-hydrogen) atoms. The summed E-state index contributed by atoms with van der Waals surface area (Å²) in [7, 11) is -4.05. The lowest BCUT2D eigenvalue weighted by molar-refractivity contribution is -0.382. The van der Waals surface area contributed by atoms with Gasteiger partial charge in [-0.25, -0.2) is 27.2 Å². The van der Waals surface area contributed by atoms with Crippen LogP contribution in [0.2, 0.25) is 5.28 Å². The molecular formula is C17H12ClF2N3O4S. The Morgan fingerprint density at radius 2 is 1.79 bits per heavy atom. The van der Waals surface area contributed by atoms with Crippen molar-refractivity contribution in [1.29, 1.82) is 0 Å². The fourth-order valence-corrected chi connectivity index (χ4v) is 4.14. The Bertz CT molecular complexity index is 1140. The van der Waals surface area contributed by atoms with Crippen molar-refractivity contribution in [3.05, 3.63) is 76.0 Å². The molecule has 0 amide bonds. The lowest BCUT2D eigenvalue weighted by atomic mass is 10.1. The summed E-state index contributed by atoms with van der Waals surface area (Å²) < 4.78 is 53.4. The van der Waals surface area contributed by atoms with Gasteiger partial charge in [0.1, 0.15) is 16.4 Å². The highest BCUT2D eigenvalue weighted by molar-refractivity contribution is 7.90. The van der Waals surface area contributed by atoms with Crippen LogP contribution in [0.25, 0.3) is 11.3 Å². The zero-order valence-electron chi connectivity index (χ0n) is 13.9. The molecule has 0 aliphatic carbocycles. The van der Waals surface area contributed by atoms with E-state index in [9.17, 15) is 22.1 Å². The van der Waals surface area contributed by atoms with Gasteiger partial charge in [0.2, 0.25) is 5.28 Å². The number of halogens is 3. The Balaban J connectivity index is 0.00000280. The minimum Gasteiger partial charge on any atom is -0.870 e. The van der Waals surface area contributed by atoms with Crippen molar-refractivity contribution < 1.29 is 27.9 Å². The van der Waals surface area contributed by atoms with E-state index >= 15 is 0 Å². The molecule has 3 aromatic rings. The highest BCUT2D eigenvalue weighted by Gasteiger charge is 2.25. The quantitative estimate of drug-likeness (QED) is 0.624. The van der Waals surface area contributed by atoms with E-state index < -0.39 is 27.2 Å². The monoisotopic (exact) mass is 427 g/mol. The van der Waals surface area contributed by atoms with Gasteiger partial charge >= 0.3 is 0 Å². The molecule has 0 fully saturated rings. The Labute approximate surface area is 163 Å². The number of sulfone groups is 1. The summed E-state index contributed by atoms with van der Waals surface area (Å²) in [6.45, 7) is 0. The van der Waals surface area contributed by atoms with Gasteiger partial charge in [0, 0.05) is 27.3 Å². The predicted molar refractivity (Wildman–Crippen MR) is 95.7 cm³/mol. The summed E-state index contributed by atoms with van der Waals surface area (Å²) in [5.74, 6) is -2.32. The van der Waals surface area contributed by atoms with E-state index in [0.717, 1.165) is 12.3 Å². The Kier molecular flexibility index (Phi) is 6.49. The Morgan fingerprint density at radius 1 is 1.07 bits per heavy atom. The fraction of sp³-hybridized carbons (Fsp3) is 0.0588. The second kappa shape index (κ2) is 8.46. The first-order valence-electron chi connectivity index (χ1n) is 7.48. The number of nitroso groups, excluding NO2 is 1. The molecule has 0 spiro atoms. The molecule has 0 aliphatic rings. The third-order valence-electron chi connectivity index (χ3n) is 3.71. The lowest BCUT2D eigenvalue weighted by Gasteiger charge is -2.08. The molecule has 0 saturated heterocycles. The minimum absolute atomic E-state index is 0.